The summed E-state index contributed by atoms with van der Waals surface area (Å²) in [6.07, 6.45) is 3.26. The number of aromatic amines is 1. The largest absolute Gasteiger partial charge is 0.466 e. The molecule has 8 nitrogen and oxygen atoms in total. The van der Waals surface area contributed by atoms with Crippen LogP contribution in [0.15, 0.2) is 30.6 Å². The fourth-order valence-electron chi connectivity index (χ4n) is 1.67. The molecule has 0 radical (unpaired) electrons. The molecule has 0 aromatic carbocycles. The van der Waals surface area contributed by atoms with Gasteiger partial charge in [-0.2, -0.15) is 4.98 Å². The molecule has 0 fully saturated rings. The number of nitrogens with one attached hydrogen (secondary N) is 2. The summed E-state index contributed by atoms with van der Waals surface area (Å²) in [4.78, 5) is 20.1. The van der Waals surface area contributed by atoms with Gasteiger partial charge in [0.2, 0.25) is 5.95 Å². The molecule has 0 atom stereocenters. The Bertz CT molecular complexity index is 731. The van der Waals surface area contributed by atoms with Gasteiger partial charge in [0.05, 0.1) is 13.3 Å². The van der Waals surface area contributed by atoms with Gasteiger partial charge >= 0.3 is 6.01 Å². The fourth-order valence-corrected chi connectivity index (χ4v) is 1.67. The number of ether oxygens (including phenoxy) is 1. The maximum Gasteiger partial charge on any atom is 0.336 e. The molecule has 0 aliphatic carbocycles. The van der Waals surface area contributed by atoms with Gasteiger partial charge in [-0.3, -0.25) is 14.5 Å². The number of carbonyl (C=O) groups is 1. The number of pyridine rings is 1. The minimum Gasteiger partial charge on any atom is -0.466 e. The van der Waals surface area contributed by atoms with Crippen molar-refractivity contribution in [2.75, 3.05) is 12.4 Å². The first kappa shape index (κ1) is 11.2. The van der Waals surface area contributed by atoms with Crippen LogP contribution in [0.4, 0.5) is 5.95 Å². The molecule has 96 valence electrons. The third-order valence-corrected chi connectivity index (χ3v) is 2.53. The number of anilines is 1. The first-order valence-corrected chi connectivity index (χ1v) is 5.48. The van der Waals surface area contributed by atoms with Crippen LogP contribution >= 0.6 is 0 Å². The Morgan fingerprint density at radius 1 is 1.47 bits per heavy atom. The molecule has 8 heteroatoms. The molecule has 0 saturated heterocycles. The minimum absolute atomic E-state index is 0.161. The Hall–Kier alpha value is -2.90. The quantitative estimate of drug-likeness (QED) is 0.721. The maximum atomic E-state index is 12.1. The van der Waals surface area contributed by atoms with E-state index in [1.54, 1.807) is 10.6 Å². The molecule has 0 aliphatic heterocycles. The predicted octanol–water partition coefficient (Wildman–Crippen LogP) is 0.713. The van der Waals surface area contributed by atoms with Crippen molar-refractivity contribution in [3.63, 3.8) is 0 Å². The smallest absolute Gasteiger partial charge is 0.336 e. The summed E-state index contributed by atoms with van der Waals surface area (Å²) < 4.78 is 6.50. The lowest BCUT2D eigenvalue weighted by atomic mass is 10.4. The number of amides is 1. The number of imidazole rings is 1. The molecule has 0 spiro atoms. The number of fused-ring (bicyclic) bond motifs is 1. The topological polar surface area (TPSA) is 97.2 Å². The van der Waals surface area contributed by atoms with E-state index in [1.165, 1.54) is 13.3 Å². The molecule has 3 aromatic heterocycles. The first-order chi connectivity index (χ1) is 9.28. The summed E-state index contributed by atoms with van der Waals surface area (Å²) in [5, 5.41) is 8.87. The standard InChI is InChI=1S/C11H10N6O2/c1-19-11-14-10(15-16-11)13-9(18)7-6-12-8-4-2-3-5-17(7)8/h2-6H,1H3,(H2,13,14,15,16,18). The Morgan fingerprint density at radius 3 is 3.16 bits per heavy atom. The van der Waals surface area contributed by atoms with Gasteiger partial charge in [-0.1, -0.05) is 6.07 Å². The second-order valence-corrected chi connectivity index (χ2v) is 3.70. The van der Waals surface area contributed by atoms with Crippen LogP contribution in [0.1, 0.15) is 10.5 Å². The zero-order valence-corrected chi connectivity index (χ0v) is 9.99. The molecule has 3 rings (SSSR count). The highest BCUT2D eigenvalue weighted by atomic mass is 16.5. The second-order valence-electron chi connectivity index (χ2n) is 3.70. The lowest BCUT2D eigenvalue weighted by Crippen LogP contribution is -2.15. The molecule has 0 saturated carbocycles. The van der Waals surface area contributed by atoms with Crippen molar-refractivity contribution in [1.82, 2.24) is 24.6 Å². The van der Waals surface area contributed by atoms with E-state index in [-0.39, 0.29) is 17.9 Å². The molecule has 2 N–H and O–H groups in total. The van der Waals surface area contributed by atoms with Gasteiger partial charge in [0.15, 0.2) is 0 Å². The van der Waals surface area contributed by atoms with E-state index >= 15 is 0 Å². The number of rotatable bonds is 3. The van der Waals surface area contributed by atoms with Gasteiger partial charge in [-0.25, -0.2) is 10.1 Å². The monoisotopic (exact) mass is 258 g/mol. The van der Waals surface area contributed by atoms with Gasteiger partial charge in [0.25, 0.3) is 5.91 Å². The van der Waals surface area contributed by atoms with Crippen LogP contribution in [-0.2, 0) is 0 Å². The Balaban J connectivity index is 1.87. The zero-order valence-electron chi connectivity index (χ0n) is 9.99. The molecule has 1 amide bonds. The van der Waals surface area contributed by atoms with E-state index in [0.29, 0.717) is 11.3 Å². The average Bonchev–Trinajstić information content (AvgIpc) is 3.04. The van der Waals surface area contributed by atoms with Crippen LogP contribution in [0.3, 0.4) is 0 Å². The summed E-state index contributed by atoms with van der Waals surface area (Å²) in [7, 11) is 1.44. The third-order valence-electron chi connectivity index (χ3n) is 2.53. The number of hydrogen-bond acceptors (Lipinski definition) is 5. The normalized spacial score (nSPS) is 10.6. The van der Waals surface area contributed by atoms with Gasteiger partial charge in [0, 0.05) is 6.20 Å². The van der Waals surface area contributed by atoms with Crippen molar-refractivity contribution < 1.29 is 9.53 Å². The number of hydrogen-bond donors (Lipinski definition) is 2. The summed E-state index contributed by atoms with van der Waals surface area (Å²) in [6, 6.07) is 5.65. The lowest BCUT2D eigenvalue weighted by molar-refractivity contribution is 0.102. The third kappa shape index (κ3) is 1.99. The maximum absolute atomic E-state index is 12.1. The summed E-state index contributed by atoms with van der Waals surface area (Å²) in [6.45, 7) is 0. The summed E-state index contributed by atoms with van der Waals surface area (Å²) in [5.41, 5.74) is 1.11. The van der Waals surface area contributed by atoms with Crippen LogP contribution in [0.2, 0.25) is 0 Å². The Labute approximate surface area is 107 Å². The molecular formula is C11H10N6O2. The van der Waals surface area contributed by atoms with Crippen molar-refractivity contribution in [3.05, 3.63) is 36.3 Å². The van der Waals surface area contributed by atoms with E-state index in [0.717, 1.165) is 0 Å². The SMILES string of the molecule is COc1n[nH]c(NC(=O)c2cnc3ccccn23)n1. The lowest BCUT2D eigenvalue weighted by Gasteiger charge is -2.00. The molecule has 0 bridgehead atoms. The fraction of sp³-hybridized carbons (Fsp3) is 0.0909. The van der Waals surface area contributed by atoms with E-state index in [1.807, 2.05) is 18.2 Å². The molecule has 3 aromatic rings. The Kier molecular flexibility index (Phi) is 2.60. The average molecular weight is 258 g/mol. The van der Waals surface area contributed by atoms with Gasteiger partial charge < -0.3 is 4.74 Å². The van der Waals surface area contributed by atoms with E-state index in [9.17, 15) is 4.79 Å². The van der Waals surface area contributed by atoms with Crippen molar-refractivity contribution in [3.8, 4) is 6.01 Å². The van der Waals surface area contributed by atoms with Crippen LogP contribution in [0, 0.1) is 0 Å². The van der Waals surface area contributed by atoms with Gasteiger partial charge in [-0.15, -0.1) is 5.10 Å². The molecule has 0 unspecified atom stereocenters. The molecular weight excluding hydrogens is 248 g/mol. The minimum atomic E-state index is -0.336. The summed E-state index contributed by atoms with van der Waals surface area (Å²) in [5.74, 6) is -0.120. The van der Waals surface area contributed by atoms with Crippen molar-refractivity contribution >= 4 is 17.5 Å². The van der Waals surface area contributed by atoms with Crippen molar-refractivity contribution in [2.24, 2.45) is 0 Å². The molecule has 3 heterocycles. The molecule has 19 heavy (non-hydrogen) atoms. The van der Waals surface area contributed by atoms with Crippen LogP contribution in [0.25, 0.3) is 5.65 Å². The predicted molar refractivity (Wildman–Crippen MR) is 66.1 cm³/mol. The van der Waals surface area contributed by atoms with Crippen LogP contribution < -0.4 is 10.1 Å². The van der Waals surface area contributed by atoms with E-state index in [2.05, 4.69) is 25.5 Å². The molecule has 0 aliphatic rings. The highest BCUT2D eigenvalue weighted by Crippen LogP contribution is 2.09. The zero-order chi connectivity index (χ0) is 13.2. The van der Waals surface area contributed by atoms with Crippen molar-refractivity contribution in [1.29, 1.82) is 0 Å². The van der Waals surface area contributed by atoms with Crippen molar-refractivity contribution in [2.45, 2.75) is 0 Å². The summed E-state index contributed by atoms with van der Waals surface area (Å²) >= 11 is 0. The number of H-pyrrole nitrogens is 1. The van der Waals surface area contributed by atoms with Crippen LogP contribution in [-0.4, -0.2) is 37.6 Å². The van der Waals surface area contributed by atoms with E-state index < -0.39 is 0 Å². The van der Waals surface area contributed by atoms with Gasteiger partial charge in [0.1, 0.15) is 11.3 Å². The second kappa shape index (κ2) is 4.41. The first-order valence-electron chi connectivity index (χ1n) is 5.48. The number of aromatic nitrogens is 5. The number of methoxy groups -OCH3 is 1. The van der Waals surface area contributed by atoms with E-state index in [4.69, 9.17) is 4.74 Å². The Morgan fingerprint density at radius 2 is 2.37 bits per heavy atom. The van der Waals surface area contributed by atoms with Crippen LogP contribution in [0.5, 0.6) is 6.01 Å². The number of nitrogens with zero attached hydrogens (tertiary/aromatic N) is 4. The number of carbonyl (C=O) groups excluding carboxylic acids is 1. The highest BCUT2D eigenvalue weighted by molar-refractivity contribution is 6.02. The highest BCUT2D eigenvalue weighted by Gasteiger charge is 2.13. The van der Waals surface area contributed by atoms with Gasteiger partial charge in [-0.05, 0) is 12.1 Å².